The number of anilines is 2. The Morgan fingerprint density at radius 3 is 2.64 bits per heavy atom. The summed E-state index contributed by atoms with van der Waals surface area (Å²) in [5.74, 6) is 0. The Bertz CT molecular complexity index is 623. The molecule has 2 nitrogen and oxygen atoms in total. The summed E-state index contributed by atoms with van der Waals surface area (Å²) in [5, 5.41) is 3.68. The predicted molar refractivity (Wildman–Crippen MR) is 93.8 cm³/mol. The predicted octanol–water partition coefficient (Wildman–Crippen LogP) is 4.26. The molecular weight excluding hydrogens is 268 g/mol. The number of benzene rings is 2. The van der Waals surface area contributed by atoms with Gasteiger partial charge in [-0.15, -0.1) is 0 Å². The highest BCUT2D eigenvalue weighted by atomic mass is 15.2. The summed E-state index contributed by atoms with van der Waals surface area (Å²) in [6.45, 7) is 2.24. The molecular formula is C20H24N2. The first-order valence-corrected chi connectivity index (χ1v) is 8.58. The second-order valence-corrected chi connectivity index (χ2v) is 6.51. The molecule has 2 aliphatic rings. The molecule has 114 valence electrons. The number of nitrogens with zero attached hydrogens (tertiary/aromatic N) is 1. The van der Waals surface area contributed by atoms with Crippen LogP contribution in [0.2, 0.25) is 0 Å². The standard InChI is InChI=1S/C20H24N2/c1-3-10-19-16(7-1)12-13-18(15-21-19)22-14-6-5-9-17-8-2-4-11-20(17)22/h1-4,7-8,10-11,18,21H,5-6,9,12-15H2. The van der Waals surface area contributed by atoms with Crippen LogP contribution < -0.4 is 10.2 Å². The summed E-state index contributed by atoms with van der Waals surface area (Å²) in [6.07, 6.45) is 6.25. The van der Waals surface area contributed by atoms with E-state index in [4.69, 9.17) is 0 Å². The van der Waals surface area contributed by atoms with E-state index in [1.807, 2.05) is 0 Å². The molecule has 2 aromatic rings. The molecule has 4 rings (SSSR count). The van der Waals surface area contributed by atoms with Gasteiger partial charge in [0.05, 0.1) is 0 Å². The second-order valence-electron chi connectivity index (χ2n) is 6.51. The number of fused-ring (bicyclic) bond motifs is 2. The number of aryl methyl sites for hydroxylation is 2. The fourth-order valence-electron chi connectivity index (χ4n) is 3.93. The van der Waals surface area contributed by atoms with Crippen molar-refractivity contribution in [2.24, 2.45) is 0 Å². The molecule has 2 heterocycles. The van der Waals surface area contributed by atoms with Crippen LogP contribution in [0.25, 0.3) is 0 Å². The summed E-state index contributed by atoms with van der Waals surface area (Å²) >= 11 is 0. The Morgan fingerprint density at radius 1 is 0.864 bits per heavy atom. The van der Waals surface area contributed by atoms with Gasteiger partial charge >= 0.3 is 0 Å². The summed E-state index contributed by atoms with van der Waals surface area (Å²) in [7, 11) is 0. The van der Waals surface area contributed by atoms with Crippen LogP contribution in [0.4, 0.5) is 11.4 Å². The third-order valence-corrected chi connectivity index (χ3v) is 5.13. The Kier molecular flexibility index (Phi) is 3.75. The minimum Gasteiger partial charge on any atom is -0.383 e. The summed E-state index contributed by atoms with van der Waals surface area (Å²) < 4.78 is 0. The molecule has 2 aliphatic heterocycles. The highest BCUT2D eigenvalue weighted by Crippen LogP contribution is 2.31. The van der Waals surface area contributed by atoms with Gasteiger partial charge in [0.25, 0.3) is 0 Å². The lowest BCUT2D eigenvalue weighted by Gasteiger charge is -2.33. The monoisotopic (exact) mass is 292 g/mol. The SMILES string of the molecule is c1ccc2c(c1)CCC(N1CCCCc3ccccc31)CN2. The van der Waals surface area contributed by atoms with Crippen molar-refractivity contribution in [2.45, 2.75) is 38.1 Å². The summed E-state index contributed by atoms with van der Waals surface area (Å²) in [6, 6.07) is 18.4. The van der Waals surface area contributed by atoms with Crippen molar-refractivity contribution < 1.29 is 0 Å². The lowest BCUT2D eigenvalue weighted by Crippen LogP contribution is -2.40. The summed E-state index contributed by atoms with van der Waals surface area (Å²) in [5.41, 5.74) is 5.79. The summed E-state index contributed by atoms with van der Waals surface area (Å²) in [4.78, 5) is 2.67. The van der Waals surface area contributed by atoms with Crippen LogP contribution in [0.3, 0.4) is 0 Å². The van der Waals surface area contributed by atoms with Crippen molar-refractivity contribution in [1.82, 2.24) is 0 Å². The van der Waals surface area contributed by atoms with Crippen LogP contribution in [0, 0.1) is 0 Å². The van der Waals surface area contributed by atoms with Gasteiger partial charge in [0, 0.05) is 30.5 Å². The molecule has 0 saturated heterocycles. The van der Waals surface area contributed by atoms with Gasteiger partial charge in [0.1, 0.15) is 0 Å². The lowest BCUT2D eigenvalue weighted by atomic mass is 10.0. The maximum atomic E-state index is 3.68. The van der Waals surface area contributed by atoms with Crippen molar-refractivity contribution in [3.8, 4) is 0 Å². The molecule has 1 N–H and O–H groups in total. The lowest BCUT2D eigenvalue weighted by molar-refractivity contribution is 0.568. The molecule has 0 saturated carbocycles. The molecule has 2 heteroatoms. The number of nitrogens with one attached hydrogen (secondary N) is 1. The highest BCUT2D eigenvalue weighted by molar-refractivity contribution is 5.57. The third-order valence-electron chi connectivity index (χ3n) is 5.13. The zero-order valence-electron chi connectivity index (χ0n) is 13.1. The fraction of sp³-hybridized carbons (Fsp3) is 0.400. The number of hydrogen-bond acceptors (Lipinski definition) is 2. The molecule has 0 bridgehead atoms. The molecule has 0 amide bonds. The highest BCUT2D eigenvalue weighted by Gasteiger charge is 2.24. The van der Waals surface area contributed by atoms with E-state index in [1.165, 1.54) is 61.2 Å². The topological polar surface area (TPSA) is 15.3 Å². The average Bonchev–Trinajstić information content (AvgIpc) is 2.91. The molecule has 0 spiro atoms. The Balaban J connectivity index is 1.60. The van der Waals surface area contributed by atoms with Crippen LogP contribution in [-0.4, -0.2) is 19.1 Å². The minimum atomic E-state index is 0.589. The van der Waals surface area contributed by atoms with Crippen LogP contribution in [0.15, 0.2) is 48.5 Å². The van der Waals surface area contributed by atoms with Gasteiger partial charge in [-0.2, -0.15) is 0 Å². The van der Waals surface area contributed by atoms with E-state index in [-0.39, 0.29) is 0 Å². The molecule has 1 unspecified atom stereocenters. The van der Waals surface area contributed by atoms with Gasteiger partial charge in [-0.3, -0.25) is 0 Å². The van der Waals surface area contributed by atoms with Crippen LogP contribution in [-0.2, 0) is 12.8 Å². The van der Waals surface area contributed by atoms with E-state index in [1.54, 1.807) is 0 Å². The molecule has 0 aliphatic carbocycles. The zero-order chi connectivity index (χ0) is 14.8. The van der Waals surface area contributed by atoms with E-state index in [2.05, 4.69) is 58.7 Å². The maximum Gasteiger partial charge on any atom is 0.0465 e. The molecule has 0 fully saturated rings. The van der Waals surface area contributed by atoms with Crippen LogP contribution in [0.5, 0.6) is 0 Å². The van der Waals surface area contributed by atoms with Gasteiger partial charge in [0.15, 0.2) is 0 Å². The first-order valence-electron chi connectivity index (χ1n) is 8.58. The first-order chi connectivity index (χ1) is 10.9. The van der Waals surface area contributed by atoms with Gasteiger partial charge < -0.3 is 10.2 Å². The molecule has 0 aromatic heterocycles. The van der Waals surface area contributed by atoms with E-state index in [0.717, 1.165) is 6.54 Å². The van der Waals surface area contributed by atoms with Crippen molar-refractivity contribution in [1.29, 1.82) is 0 Å². The van der Waals surface area contributed by atoms with Crippen molar-refractivity contribution in [2.75, 3.05) is 23.3 Å². The second kappa shape index (κ2) is 6.04. The Hall–Kier alpha value is -1.96. The largest absolute Gasteiger partial charge is 0.383 e. The molecule has 22 heavy (non-hydrogen) atoms. The fourth-order valence-corrected chi connectivity index (χ4v) is 3.93. The van der Waals surface area contributed by atoms with E-state index >= 15 is 0 Å². The zero-order valence-corrected chi connectivity index (χ0v) is 13.1. The van der Waals surface area contributed by atoms with Crippen molar-refractivity contribution >= 4 is 11.4 Å². The number of rotatable bonds is 1. The van der Waals surface area contributed by atoms with E-state index in [0.29, 0.717) is 6.04 Å². The van der Waals surface area contributed by atoms with E-state index in [9.17, 15) is 0 Å². The van der Waals surface area contributed by atoms with Gasteiger partial charge in [-0.1, -0.05) is 36.4 Å². The quantitative estimate of drug-likeness (QED) is 0.845. The minimum absolute atomic E-state index is 0.589. The number of para-hydroxylation sites is 2. The number of hydrogen-bond donors (Lipinski definition) is 1. The van der Waals surface area contributed by atoms with Crippen molar-refractivity contribution in [3.63, 3.8) is 0 Å². The first kappa shape index (κ1) is 13.7. The Morgan fingerprint density at radius 2 is 1.68 bits per heavy atom. The maximum absolute atomic E-state index is 3.68. The molecule has 1 atom stereocenters. The smallest absolute Gasteiger partial charge is 0.0465 e. The van der Waals surface area contributed by atoms with Gasteiger partial charge in [-0.05, 0) is 55.4 Å². The average molecular weight is 292 g/mol. The molecule has 2 aromatic carbocycles. The molecule has 0 radical (unpaired) electrons. The van der Waals surface area contributed by atoms with Gasteiger partial charge in [-0.25, -0.2) is 0 Å². The van der Waals surface area contributed by atoms with Gasteiger partial charge in [0.2, 0.25) is 0 Å². The van der Waals surface area contributed by atoms with E-state index < -0.39 is 0 Å². The normalized spacial score (nSPS) is 21.1. The Labute approximate surface area is 133 Å². The third kappa shape index (κ3) is 2.58. The van der Waals surface area contributed by atoms with Crippen LogP contribution in [0.1, 0.15) is 30.4 Å². The van der Waals surface area contributed by atoms with Crippen LogP contribution >= 0.6 is 0 Å². The van der Waals surface area contributed by atoms with Crippen molar-refractivity contribution in [3.05, 3.63) is 59.7 Å².